The number of nitrogens with zero attached hydrogens (tertiary/aromatic N) is 1. The lowest BCUT2D eigenvalue weighted by atomic mass is 10.2. The molecule has 0 fully saturated rings. The van der Waals surface area contributed by atoms with Crippen molar-refractivity contribution in [2.45, 2.75) is 30.7 Å². The van der Waals surface area contributed by atoms with Gasteiger partial charge in [0.15, 0.2) is 0 Å². The summed E-state index contributed by atoms with van der Waals surface area (Å²) in [5.41, 5.74) is 0.258. The summed E-state index contributed by atoms with van der Waals surface area (Å²) in [7, 11) is -2.30. The molecular weight excluding hydrogens is 300 g/mol. The zero-order valence-electron chi connectivity index (χ0n) is 10.2. The van der Waals surface area contributed by atoms with Gasteiger partial charge in [-0.25, -0.2) is 12.8 Å². The van der Waals surface area contributed by atoms with Crippen molar-refractivity contribution in [3.05, 3.63) is 28.5 Å². The van der Waals surface area contributed by atoms with E-state index in [-0.39, 0.29) is 27.4 Å². The van der Waals surface area contributed by atoms with Gasteiger partial charge in [-0.2, -0.15) is 4.31 Å². The molecule has 3 nitrogen and oxygen atoms in total. The first kappa shape index (κ1) is 15.7. The zero-order chi connectivity index (χ0) is 14.1. The Labute approximate surface area is 117 Å². The Morgan fingerprint density at radius 2 is 1.94 bits per heavy atom. The van der Waals surface area contributed by atoms with E-state index in [1.165, 1.54) is 13.1 Å². The fraction of sp³-hybridized carbons (Fsp3) is 0.455. The first-order chi connectivity index (χ1) is 8.21. The van der Waals surface area contributed by atoms with Crippen LogP contribution in [0, 0.1) is 5.82 Å². The third kappa shape index (κ3) is 2.96. The molecule has 0 radical (unpaired) electrons. The van der Waals surface area contributed by atoms with Gasteiger partial charge in [-0.1, -0.05) is 11.6 Å². The number of sulfonamides is 1. The van der Waals surface area contributed by atoms with Crippen molar-refractivity contribution < 1.29 is 12.8 Å². The van der Waals surface area contributed by atoms with Gasteiger partial charge in [-0.3, -0.25) is 0 Å². The van der Waals surface area contributed by atoms with Crippen LogP contribution in [0.3, 0.4) is 0 Å². The second kappa shape index (κ2) is 5.74. The summed E-state index contributed by atoms with van der Waals surface area (Å²) < 4.78 is 39.1. The van der Waals surface area contributed by atoms with Crippen molar-refractivity contribution in [2.24, 2.45) is 0 Å². The van der Waals surface area contributed by atoms with Crippen LogP contribution >= 0.6 is 23.2 Å². The molecule has 18 heavy (non-hydrogen) atoms. The Morgan fingerprint density at radius 1 is 1.39 bits per heavy atom. The standard InChI is InChI=1S/C11H14Cl2FNO2S/c1-7(2)15(3)18(16,17)9-4-8(6-12)11(13)10(14)5-9/h4-5,7H,6H2,1-3H3. The number of benzene rings is 1. The van der Waals surface area contributed by atoms with Crippen molar-refractivity contribution in [3.63, 3.8) is 0 Å². The lowest BCUT2D eigenvalue weighted by Gasteiger charge is -2.21. The maximum absolute atomic E-state index is 13.5. The van der Waals surface area contributed by atoms with Crippen LogP contribution in [-0.4, -0.2) is 25.8 Å². The molecule has 0 aliphatic rings. The summed E-state index contributed by atoms with van der Waals surface area (Å²) in [6, 6.07) is 1.98. The molecule has 1 aromatic carbocycles. The first-order valence-corrected chi connectivity index (χ1v) is 7.59. The molecular formula is C11H14Cl2FNO2S. The van der Waals surface area contributed by atoms with Crippen LogP contribution in [0.4, 0.5) is 4.39 Å². The second-order valence-electron chi connectivity index (χ2n) is 4.13. The highest BCUT2D eigenvalue weighted by molar-refractivity contribution is 7.89. The van der Waals surface area contributed by atoms with Gasteiger partial charge in [0.1, 0.15) is 5.82 Å². The largest absolute Gasteiger partial charge is 0.243 e. The molecule has 7 heteroatoms. The minimum Gasteiger partial charge on any atom is -0.207 e. The number of hydrogen-bond acceptors (Lipinski definition) is 2. The molecule has 0 unspecified atom stereocenters. The van der Waals surface area contributed by atoms with E-state index in [1.54, 1.807) is 13.8 Å². The van der Waals surface area contributed by atoms with E-state index >= 15 is 0 Å². The fourth-order valence-electron chi connectivity index (χ4n) is 1.31. The van der Waals surface area contributed by atoms with Gasteiger partial charge in [-0.05, 0) is 31.5 Å². The van der Waals surface area contributed by atoms with E-state index in [4.69, 9.17) is 23.2 Å². The van der Waals surface area contributed by atoms with Gasteiger partial charge in [-0.15, -0.1) is 11.6 Å². The van der Waals surface area contributed by atoms with Crippen LogP contribution in [0.5, 0.6) is 0 Å². The van der Waals surface area contributed by atoms with E-state index in [0.717, 1.165) is 10.4 Å². The van der Waals surface area contributed by atoms with Crippen LogP contribution in [0.15, 0.2) is 17.0 Å². The molecule has 0 spiro atoms. The second-order valence-corrected chi connectivity index (χ2v) is 6.77. The van der Waals surface area contributed by atoms with Crippen LogP contribution < -0.4 is 0 Å². The number of rotatable bonds is 4. The average molecular weight is 314 g/mol. The van der Waals surface area contributed by atoms with Crippen molar-refractivity contribution in [1.29, 1.82) is 0 Å². The van der Waals surface area contributed by atoms with Gasteiger partial charge in [0.25, 0.3) is 0 Å². The minimum atomic E-state index is -3.73. The minimum absolute atomic E-state index is 0.0511. The van der Waals surface area contributed by atoms with Crippen molar-refractivity contribution >= 4 is 33.2 Å². The molecule has 0 N–H and O–H groups in total. The molecule has 0 aromatic heterocycles. The fourth-order valence-corrected chi connectivity index (χ4v) is 3.19. The molecule has 0 amide bonds. The van der Waals surface area contributed by atoms with Gasteiger partial charge in [0.05, 0.1) is 9.92 Å². The predicted octanol–water partition coefficient (Wildman–Crippen LogP) is 3.25. The summed E-state index contributed by atoms with van der Waals surface area (Å²) in [5, 5.41) is -0.142. The highest BCUT2D eigenvalue weighted by Crippen LogP contribution is 2.27. The molecule has 0 aliphatic carbocycles. The number of hydrogen-bond donors (Lipinski definition) is 0. The van der Waals surface area contributed by atoms with Crippen LogP contribution in [0.1, 0.15) is 19.4 Å². The van der Waals surface area contributed by atoms with Gasteiger partial charge in [0, 0.05) is 19.0 Å². The summed E-state index contributed by atoms with van der Waals surface area (Å²) in [4.78, 5) is -0.142. The van der Waals surface area contributed by atoms with E-state index in [2.05, 4.69) is 0 Å². The molecule has 0 atom stereocenters. The maximum atomic E-state index is 13.5. The topological polar surface area (TPSA) is 37.4 Å². The first-order valence-electron chi connectivity index (χ1n) is 5.23. The summed E-state index contributed by atoms with van der Waals surface area (Å²) >= 11 is 11.3. The van der Waals surface area contributed by atoms with E-state index in [9.17, 15) is 12.8 Å². The van der Waals surface area contributed by atoms with Gasteiger partial charge >= 0.3 is 0 Å². The Balaban J connectivity index is 3.39. The third-order valence-corrected chi connectivity index (χ3v) is 5.35. The highest BCUT2D eigenvalue weighted by atomic mass is 35.5. The molecule has 0 bridgehead atoms. The van der Waals surface area contributed by atoms with E-state index < -0.39 is 15.8 Å². The van der Waals surface area contributed by atoms with Crippen LogP contribution in [0.25, 0.3) is 0 Å². The highest BCUT2D eigenvalue weighted by Gasteiger charge is 2.25. The lowest BCUT2D eigenvalue weighted by molar-refractivity contribution is 0.410. The Hall–Kier alpha value is -0.360. The Morgan fingerprint density at radius 3 is 2.39 bits per heavy atom. The van der Waals surface area contributed by atoms with Crippen molar-refractivity contribution in [2.75, 3.05) is 7.05 Å². The van der Waals surface area contributed by atoms with Crippen molar-refractivity contribution in [1.82, 2.24) is 4.31 Å². The zero-order valence-corrected chi connectivity index (χ0v) is 12.6. The van der Waals surface area contributed by atoms with Gasteiger partial charge < -0.3 is 0 Å². The van der Waals surface area contributed by atoms with Crippen LogP contribution in [0.2, 0.25) is 5.02 Å². The molecule has 0 aliphatic heterocycles. The van der Waals surface area contributed by atoms with Gasteiger partial charge in [0.2, 0.25) is 10.0 Å². The van der Waals surface area contributed by atoms with Crippen molar-refractivity contribution in [3.8, 4) is 0 Å². The Bertz CT molecular complexity index is 546. The Kier molecular flexibility index (Phi) is 5.00. The van der Waals surface area contributed by atoms with Crippen LogP contribution in [-0.2, 0) is 15.9 Å². The number of alkyl halides is 1. The predicted molar refractivity (Wildman–Crippen MR) is 71.1 cm³/mol. The van der Waals surface area contributed by atoms with E-state index in [0.29, 0.717) is 0 Å². The molecule has 0 saturated heterocycles. The quantitative estimate of drug-likeness (QED) is 0.800. The molecule has 0 heterocycles. The maximum Gasteiger partial charge on any atom is 0.243 e. The monoisotopic (exact) mass is 313 g/mol. The molecule has 1 rings (SSSR count). The summed E-state index contributed by atoms with van der Waals surface area (Å²) in [5.74, 6) is -0.838. The average Bonchev–Trinajstić information content (AvgIpc) is 2.30. The SMILES string of the molecule is CC(C)N(C)S(=O)(=O)c1cc(F)c(Cl)c(CCl)c1. The number of halogens is 3. The smallest absolute Gasteiger partial charge is 0.207 e. The molecule has 0 saturated carbocycles. The summed E-state index contributed by atoms with van der Waals surface area (Å²) in [6.07, 6.45) is 0. The molecule has 1 aromatic rings. The third-order valence-electron chi connectivity index (χ3n) is 2.63. The molecule has 102 valence electrons. The van der Waals surface area contributed by atoms with E-state index in [1.807, 2.05) is 0 Å². The lowest BCUT2D eigenvalue weighted by Crippen LogP contribution is -2.33. The normalized spacial score (nSPS) is 12.4. The summed E-state index contributed by atoms with van der Waals surface area (Å²) in [6.45, 7) is 3.46.